The molecular formula is C74H91Cl6N11O24S6. The van der Waals surface area contributed by atoms with Crippen LogP contribution in [0.4, 0.5) is 34.1 Å². The van der Waals surface area contributed by atoms with Gasteiger partial charge in [-0.2, -0.15) is 25.3 Å². The molecule has 0 unspecified atom stereocenters. The fourth-order valence-corrected chi connectivity index (χ4v) is 9.76. The lowest BCUT2D eigenvalue weighted by molar-refractivity contribution is 0.451. The van der Waals surface area contributed by atoms with Crippen LogP contribution < -0.4 is 87.1 Å². The Bertz CT molecular complexity index is 5220. The molecule has 0 aromatic heterocycles. The number of fused-ring (bicyclic) bond motifs is 12. The number of para-hydroxylation sites is 12. The van der Waals surface area contributed by atoms with Gasteiger partial charge in [-0.15, -0.1) is 37.9 Å². The lowest BCUT2D eigenvalue weighted by atomic mass is 10.2. The molecule has 0 amide bonds. The van der Waals surface area contributed by atoms with Gasteiger partial charge in [0.15, 0.2) is 69.0 Å². The normalized spacial score (nSPS) is 11.0. The fraction of sp³-hybridized carbons (Fsp3) is 0.270. The SMILES string of the molecule is C.C.C.CCNC.CCNC.CCNC.CCNC.CNC.CS(=O)(=O)O.CS(=O)(=O)O.CS(=O)(=O)O.Clc1c2c(c(Cl)c3c1=Nc1ccccc1O3)=Nc1ccccc1O2.Clc1c2c(c(Cl)c3c1=Nc1ccccc1O3)=Nc1ccccc1O2.Clc1c2c(c(Cl)c3c1=Nc1ccccc1O3)=Nc1ccccc1O2.O=S(=O)=O.O=S(=O)=O.O=S(=O)=O. The molecule has 15 rings (SSSR count). The van der Waals surface area contributed by atoms with Crippen molar-refractivity contribution in [2.75, 3.05) is 87.2 Å². The van der Waals surface area contributed by atoms with E-state index in [1.165, 1.54) is 0 Å². The zero-order valence-electron chi connectivity index (χ0n) is 64.5. The van der Waals surface area contributed by atoms with Crippen molar-refractivity contribution in [3.63, 3.8) is 0 Å². The maximum absolute atomic E-state index is 9.19. The molecule has 0 radical (unpaired) electrons. The third-order valence-electron chi connectivity index (χ3n) is 13.0. The molecule has 0 spiro atoms. The van der Waals surface area contributed by atoms with Gasteiger partial charge < -0.3 is 55.0 Å². The minimum absolute atomic E-state index is 0. The average molecular weight is 1920 g/mol. The summed E-state index contributed by atoms with van der Waals surface area (Å²) in [7, 11) is -8.86. The molecule has 0 aliphatic carbocycles. The first-order valence-corrected chi connectivity index (χ1v) is 44.1. The molecule has 0 fully saturated rings. The first-order valence-electron chi connectivity index (χ1n) is 33.2. The van der Waals surface area contributed by atoms with E-state index in [1.54, 1.807) is 0 Å². The smallest absolute Gasteiger partial charge is 0.425 e. The quantitative estimate of drug-likeness (QED) is 0.0759. The van der Waals surface area contributed by atoms with Crippen LogP contribution in [0.25, 0.3) is 0 Å². The highest BCUT2D eigenvalue weighted by molar-refractivity contribution is 7.85. The molecule has 0 atom stereocenters. The van der Waals surface area contributed by atoms with E-state index in [9.17, 15) is 25.3 Å². The topological polar surface area (TPSA) is 506 Å². The van der Waals surface area contributed by atoms with Gasteiger partial charge in [0.25, 0.3) is 30.4 Å². The standard InChI is InChI=1S/3C18H8Cl2N2O2.4C3H9N.C2H7N.3CH4O3S.3CH4.3O3S/c3*19-13-15-17(23-11-7-3-1-5-9(11)21-15)14(20)16-18(13)24-12-8-4-2-6-10(12)22-16;4*1-3-4-2;1-3-2;3*1-5(2,3)4;;;;3*1-4(2)3/h3*1-8H;4*4H,3H2,1-2H3;3H,1-2H3;3*1H3,(H,2,3,4);3*1H4;;;. The van der Waals surface area contributed by atoms with Crippen molar-refractivity contribution >= 4 is 166 Å². The van der Waals surface area contributed by atoms with E-state index >= 15 is 0 Å². The summed E-state index contributed by atoms with van der Waals surface area (Å²) in [5.41, 5.74) is 4.14. The molecule has 8 N–H and O–H groups in total. The van der Waals surface area contributed by atoms with Gasteiger partial charge in [0, 0.05) is 0 Å². The number of ether oxygens (including phenoxy) is 6. The summed E-state index contributed by atoms with van der Waals surface area (Å²) in [6, 6.07) is 44.6. The minimum Gasteiger partial charge on any atom is -0.451 e. The first-order chi connectivity index (χ1) is 55.4. The van der Waals surface area contributed by atoms with Gasteiger partial charge in [-0.05, 0) is 141 Å². The zero-order chi connectivity index (χ0) is 89.4. The summed E-state index contributed by atoms with van der Waals surface area (Å²) in [6.45, 7) is 12.6. The molecule has 664 valence electrons. The monoisotopic (exact) mass is 1920 g/mol. The average Bonchev–Trinajstić information content (AvgIpc) is 0.753. The Labute approximate surface area is 736 Å². The van der Waals surface area contributed by atoms with E-state index < -0.39 is 62.2 Å². The third-order valence-corrected chi connectivity index (χ3v) is 15.1. The second kappa shape index (κ2) is 57.1. The highest BCUT2D eigenvalue weighted by Gasteiger charge is 2.30. The van der Waals surface area contributed by atoms with Crippen LogP contribution in [0.5, 0.6) is 69.0 Å². The van der Waals surface area contributed by atoms with Gasteiger partial charge in [0.1, 0.15) is 96.4 Å². The summed E-state index contributed by atoms with van der Waals surface area (Å²) in [4.78, 5) is 27.4. The number of halogens is 6. The number of nitrogens with one attached hydrogen (secondary N) is 5. The largest absolute Gasteiger partial charge is 0.451 e. The van der Waals surface area contributed by atoms with Crippen LogP contribution in [-0.2, 0) is 62.2 Å². The second-order valence-corrected chi connectivity index (χ2v) is 30.1. The van der Waals surface area contributed by atoms with Crippen molar-refractivity contribution in [2.24, 2.45) is 30.0 Å². The van der Waals surface area contributed by atoms with Crippen LogP contribution in [0.2, 0.25) is 30.1 Å². The Balaban J connectivity index is 0. The molecule has 9 aromatic rings. The molecule has 6 aliphatic heterocycles. The highest BCUT2D eigenvalue weighted by Crippen LogP contribution is 2.46. The Morgan fingerprint density at radius 3 is 0.463 bits per heavy atom. The van der Waals surface area contributed by atoms with Gasteiger partial charge >= 0.3 is 31.8 Å². The molecule has 47 heteroatoms. The van der Waals surface area contributed by atoms with Crippen molar-refractivity contribution in [2.45, 2.75) is 50.0 Å². The number of hydrogen-bond donors (Lipinski definition) is 8. The molecule has 6 heterocycles. The van der Waals surface area contributed by atoms with E-state index in [1.807, 2.05) is 188 Å². The molecule has 121 heavy (non-hydrogen) atoms. The van der Waals surface area contributed by atoms with Crippen molar-refractivity contribution in [1.82, 2.24) is 26.6 Å². The molecule has 9 aromatic carbocycles. The van der Waals surface area contributed by atoms with Crippen LogP contribution >= 0.6 is 69.6 Å². The highest BCUT2D eigenvalue weighted by atomic mass is 35.5. The summed E-state index contributed by atoms with van der Waals surface area (Å²) in [5.74, 6) is 6.12. The molecule has 0 bridgehead atoms. The predicted octanol–water partition coefficient (Wildman–Crippen LogP) is 13.5. The lowest BCUT2D eigenvalue weighted by Gasteiger charge is -2.20. The van der Waals surface area contributed by atoms with Gasteiger partial charge in [-0.3, -0.25) is 13.7 Å². The Morgan fingerprint density at radius 1 is 0.281 bits per heavy atom. The Hall–Kier alpha value is -9.29. The number of benzene rings is 9. The Morgan fingerprint density at radius 2 is 0.372 bits per heavy atom. The van der Waals surface area contributed by atoms with Crippen LogP contribution in [0.1, 0.15) is 50.0 Å². The van der Waals surface area contributed by atoms with Crippen LogP contribution in [-0.4, -0.2) is 164 Å². The summed E-state index contributed by atoms with van der Waals surface area (Å²) in [5, 5.41) is 19.2. The zero-order valence-corrected chi connectivity index (χ0v) is 73.9. The lowest BCUT2D eigenvalue weighted by Crippen LogP contribution is -2.22. The maximum atomic E-state index is 9.19. The summed E-state index contributed by atoms with van der Waals surface area (Å²) in [6.07, 6.45) is 2.15. The van der Waals surface area contributed by atoms with Crippen molar-refractivity contribution in [3.05, 3.63) is 208 Å². The molecule has 0 saturated heterocycles. The van der Waals surface area contributed by atoms with Crippen molar-refractivity contribution in [3.8, 4) is 69.0 Å². The molecule has 6 aliphatic rings. The molecular weight excluding hydrogens is 1830 g/mol. The van der Waals surface area contributed by atoms with E-state index in [0.717, 1.165) is 26.2 Å². The minimum atomic E-state index is -3.67. The van der Waals surface area contributed by atoms with E-state index in [2.05, 4.69) is 84.2 Å². The fourth-order valence-electron chi connectivity index (χ4n) is 8.22. The van der Waals surface area contributed by atoms with Gasteiger partial charge in [0.05, 0.1) is 18.8 Å². The number of hydrogen-bond acceptors (Lipinski definition) is 32. The molecule has 35 nitrogen and oxygen atoms in total. The van der Waals surface area contributed by atoms with E-state index in [4.69, 9.17) is 150 Å². The Kier molecular flexibility index (Phi) is 53.7. The van der Waals surface area contributed by atoms with Gasteiger partial charge in [-0.25, -0.2) is 30.0 Å². The van der Waals surface area contributed by atoms with Crippen LogP contribution in [0.3, 0.4) is 0 Å². The van der Waals surface area contributed by atoms with Crippen LogP contribution in [0.15, 0.2) is 176 Å². The van der Waals surface area contributed by atoms with Crippen molar-refractivity contribution < 1.29 is 105 Å². The van der Waals surface area contributed by atoms with Gasteiger partial charge in [0.2, 0.25) is 0 Å². The molecule has 0 saturated carbocycles. The van der Waals surface area contributed by atoms with Gasteiger partial charge in [-0.1, -0.05) is 192 Å². The predicted molar refractivity (Wildman–Crippen MR) is 468 cm³/mol. The number of nitrogens with zero attached hydrogens (tertiary/aromatic N) is 6. The maximum Gasteiger partial charge on any atom is 0.425 e. The third kappa shape index (κ3) is 40.1. The van der Waals surface area contributed by atoms with Crippen molar-refractivity contribution in [1.29, 1.82) is 0 Å². The summed E-state index contributed by atoms with van der Waals surface area (Å²) < 4.78 is 189. The van der Waals surface area contributed by atoms with Crippen LogP contribution in [0, 0.1) is 0 Å². The number of rotatable bonds is 4. The van der Waals surface area contributed by atoms with E-state index in [0.29, 0.717) is 184 Å². The first kappa shape index (κ1) is 114. The summed E-state index contributed by atoms with van der Waals surface area (Å²) >= 11 is 39.2. The van der Waals surface area contributed by atoms with E-state index in [-0.39, 0.29) is 22.3 Å². The second-order valence-electron chi connectivity index (χ2n) is 22.2.